The minimum Gasteiger partial charge on any atom is -0.482 e. The maximum Gasteiger partial charge on any atom is 0.325 e. The molecule has 1 heterocycles. The first-order valence-corrected chi connectivity index (χ1v) is 5.22. The molecule has 5 heteroatoms. The quantitative estimate of drug-likeness (QED) is 0.714. The molecule has 90 valence electrons. The van der Waals surface area contributed by atoms with Gasteiger partial charge in [0.2, 0.25) is 0 Å². The molecule has 1 aliphatic heterocycles. The summed E-state index contributed by atoms with van der Waals surface area (Å²) in [4.78, 5) is 24.3. The van der Waals surface area contributed by atoms with Gasteiger partial charge in [0.05, 0.1) is 12.8 Å². The molecule has 5 nitrogen and oxygen atoms in total. The summed E-state index contributed by atoms with van der Waals surface area (Å²) in [7, 11) is 1.29. The van der Waals surface area contributed by atoms with E-state index in [2.05, 4.69) is 4.74 Å². The number of benzene rings is 1. The average molecular weight is 235 g/mol. The maximum atomic E-state index is 11.7. The van der Waals surface area contributed by atoms with Crippen LogP contribution < -0.4 is 9.64 Å². The Labute approximate surface area is 98.9 Å². The van der Waals surface area contributed by atoms with E-state index in [1.54, 1.807) is 6.07 Å². The predicted octanol–water partition coefficient (Wildman–Crippen LogP) is 0.893. The summed E-state index contributed by atoms with van der Waals surface area (Å²) in [5.74, 6) is -0.0768. The first-order chi connectivity index (χ1) is 8.11. The van der Waals surface area contributed by atoms with Crippen molar-refractivity contribution in [1.82, 2.24) is 0 Å². The second-order valence-electron chi connectivity index (χ2n) is 3.82. The Morgan fingerprint density at radius 1 is 1.53 bits per heavy atom. The molecule has 0 N–H and O–H groups in total. The van der Waals surface area contributed by atoms with Gasteiger partial charge in [-0.15, -0.1) is 0 Å². The van der Waals surface area contributed by atoms with Crippen LogP contribution in [0.4, 0.5) is 5.69 Å². The van der Waals surface area contributed by atoms with Crippen molar-refractivity contribution in [2.24, 2.45) is 0 Å². The zero-order chi connectivity index (χ0) is 12.4. The summed E-state index contributed by atoms with van der Waals surface area (Å²) in [6.07, 6.45) is 0. The van der Waals surface area contributed by atoms with E-state index in [1.165, 1.54) is 12.0 Å². The average Bonchev–Trinajstić information content (AvgIpc) is 2.32. The molecule has 1 aliphatic rings. The van der Waals surface area contributed by atoms with E-state index in [4.69, 9.17) is 4.74 Å². The van der Waals surface area contributed by atoms with E-state index in [-0.39, 0.29) is 19.1 Å². The molecule has 1 aromatic carbocycles. The zero-order valence-corrected chi connectivity index (χ0v) is 9.73. The highest BCUT2D eigenvalue weighted by molar-refractivity contribution is 6.01. The van der Waals surface area contributed by atoms with Crippen molar-refractivity contribution in [3.05, 3.63) is 23.8 Å². The number of fused-ring (bicyclic) bond motifs is 1. The van der Waals surface area contributed by atoms with Gasteiger partial charge in [0.15, 0.2) is 6.61 Å². The number of hydrogen-bond acceptors (Lipinski definition) is 4. The summed E-state index contributed by atoms with van der Waals surface area (Å²) in [5.41, 5.74) is 1.65. The van der Waals surface area contributed by atoms with Crippen LogP contribution in [0.5, 0.6) is 5.75 Å². The number of esters is 1. The van der Waals surface area contributed by atoms with Gasteiger partial charge in [0.25, 0.3) is 5.91 Å². The van der Waals surface area contributed by atoms with Crippen molar-refractivity contribution in [2.45, 2.75) is 6.92 Å². The van der Waals surface area contributed by atoms with Gasteiger partial charge in [-0.05, 0) is 24.6 Å². The lowest BCUT2D eigenvalue weighted by atomic mass is 10.1. The number of aryl methyl sites for hydroxylation is 1. The molecule has 0 atom stereocenters. The van der Waals surface area contributed by atoms with Crippen LogP contribution in [0.15, 0.2) is 18.2 Å². The largest absolute Gasteiger partial charge is 0.482 e. The molecule has 0 radical (unpaired) electrons. The smallest absolute Gasteiger partial charge is 0.325 e. The third-order valence-corrected chi connectivity index (χ3v) is 2.57. The second-order valence-corrected chi connectivity index (χ2v) is 3.82. The van der Waals surface area contributed by atoms with E-state index in [0.29, 0.717) is 11.4 Å². The van der Waals surface area contributed by atoms with Crippen LogP contribution in [0, 0.1) is 6.92 Å². The van der Waals surface area contributed by atoms with Gasteiger partial charge in [-0.3, -0.25) is 14.5 Å². The van der Waals surface area contributed by atoms with Gasteiger partial charge in [-0.25, -0.2) is 0 Å². The Bertz CT molecular complexity index is 470. The summed E-state index contributed by atoms with van der Waals surface area (Å²) in [6.45, 7) is 1.80. The Hall–Kier alpha value is -2.04. The van der Waals surface area contributed by atoms with Gasteiger partial charge in [-0.1, -0.05) is 6.07 Å². The van der Waals surface area contributed by atoms with Crippen molar-refractivity contribution in [3.63, 3.8) is 0 Å². The molecule has 0 saturated carbocycles. The summed E-state index contributed by atoms with van der Waals surface area (Å²) in [5, 5.41) is 0. The molecule has 0 spiro atoms. The highest BCUT2D eigenvalue weighted by atomic mass is 16.5. The van der Waals surface area contributed by atoms with Gasteiger partial charge in [-0.2, -0.15) is 0 Å². The Morgan fingerprint density at radius 3 is 3.00 bits per heavy atom. The van der Waals surface area contributed by atoms with Gasteiger partial charge in [0, 0.05) is 0 Å². The van der Waals surface area contributed by atoms with E-state index < -0.39 is 5.97 Å². The molecule has 0 aliphatic carbocycles. The number of methoxy groups -OCH3 is 1. The monoisotopic (exact) mass is 235 g/mol. The second kappa shape index (κ2) is 4.45. The minimum atomic E-state index is -0.452. The van der Waals surface area contributed by atoms with Crippen LogP contribution in [0.25, 0.3) is 0 Å². The number of hydrogen-bond donors (Lipinski definition) is 0. The number of carbonyl (C=O) groups is 2. The highest BCUT2D eigenvalue weighted by Gasteiger charge is 2.27. The van der Waals surface area contributed by atoms with Crippen molar-refractivity contribution in [2.75, 3.05) is 25.2 Å². The molecule has 17 heavy (non-hydrogen) atoms. The van der Waals surface area contributed by atoms with Crippen molar-refractivity contribution in [3.8, 4) is 5.75 Å². The van der Waals surface area contributed by atoms with Crippen molar-refractivity contribution < 1.29 is 19.1 Å². The molecule has 0 unspecified atom stereocenters. The SMILES string of the molecule is COC(=O)CN1C(=O)COc2cc(C)ccc21. The van der Waals surface area contributed by atoms with Crippen LogP contribution in [-0.4, -0.2) is 32.1 Å². The molecule has 2 rings (SSSR count). The number of amides is 1. The van der Waals surface area contributed by atoms with Gasteiger partial charge in [0.1, 0.15) is 12.3 Å². The van der Waals surface area contributed by atoms with Crippen LogP contribution in [0.3, 0.4) is 0 Å². The van der Waals surface area contributed by atoms with Crippen LogP contribution in [-0.2, 0) is 14.3 Å². The van der Waals surface area contributed by atoms with E-state index in [9.17, 15) is 9.59 Å². The molecule has 0 saturated heterocycles. The first-order valence-electron chi connectivity index (χ1n) is 5.22. The summed E-state index contributed by atoms with van der Waals surface area (Å²) in [6, 6.07) is 5.47. The lowest BCUT2D eigenvalue weighted by Gasteiger charge is -2.28. The van der Waals surface area contributed by atoms with Crippen molar-refractivity contribution >= 4 is 17.6 Å². The topological polar surface area (TPSA) is 55.8 Å². The number of anilines is 1. The normalized spacial score (nSPS) is 14.0. The molecular formula is C12H13NO4. The Balaban J connectivity index is 2.33. The number of carbonyl (C=O) groups excluding carboxylic acids is 2. The fourth-order valence-electron chi connectivity index (χ4n) is 1.68. The third kappa shape index (κ3) is 2.22. The maximum absolute atomic E-state index is 11.7. The minimum absolute atomic E-state index is 0.0482. The lowest BCUT2D eigenvalue weighted by molar-refractivity contribution is -0.140. The van der Waals surface area contributed by atoms with Gasteiger partial charge < -0.3 is 9.47 Å². The molecule has 1 amide bonds. The van der Waals surface area contributed by atoms with E-state index >= 15 is 0 Å². The Morgan fingerprint density at radius 2 is 2.29 bits per heavy atom. The summed E-state index contributed by atoms with van der Waals surface area (Å²) >= 11 is 0. The standard InChI is InChI=1S/C12H13NO4/c1-8-3-4-9-10(5-8)17-7-11(14)13(9)6-12(15)16-2/h3-5H,6-7H2,1-2H3. The number of ether oxygens (including phenoxy) is 2. The number of rotatable bonds is 2. The van der Waals surface area contributed by atoms with Gasteiger partial charge >= 0.3 is 5.97 Å². The Kier molecular flexibility index (Phi) is 2.99. The van der Waals surface area contributed by atoms with E-state index in [0.717, 1.165) is 5.56 Å². The molecular weight excluding hydrogens is 222 g/mol. The molecule has 1 aromatic rings. The fraction of sp³-hybridized carbons (Fsp3) is 0.333. The molecule has 0 aromatic heterocycles. The lowest BCUT2D eigenvalue weighted by Crippen LogP contribution is -2.42. The highest BCUT2D eigenvalue weighted by Crippen LogP contribution is 2.32. The molecule has 0 fully saturated rings. The van der Waals surface area contributed by atoms with E-state index in [1.807, 2.05) is 19.1 Å². The zero-order valence-electron chi connectivity index (χ0n) is 9.73. The molecule has 0 bridgehead atoms. The third-order valence-electron chi connectivity index (χ3n) is 2.57. The van der Waals surface area contributed by atoms with Crippen molar-refractivity contribution in [1.29, 1.82) is 0 Å². The summed E-state index contributed by atoms with van der Waals surface area (Å²) < 4.78 is 9.89. The van der Waals surface area contributed by atoms with Crippen LogP contribution >= 0.6 is 0 Å². The van der Waals surface area contributed by atoms with Crippen LogP contribution in [0.2, 0.25) is 0 Å². The number of nitrogens with zero attached hydrogens (tertiary/aromatic N) is 1. The predicted molar refractivity (Wildman–Crippen MR) is 61.0 cm³/mol. The fourth-order valence-corrected chi connectivity index (χ4v) is 1.68. The van der Waals surface area contributed by atoms with Crippen LogP contribution in [0.1, 0.15) is 5.56 Å². The first kappa shape index (κ1) is 11.4.